The van der Waals surface area contributed by atoms with Gasteiger partial charge in [-0.15, -0.1) is 0 Å². The minimum atomic E-state index is -4.45. The number of hydrogen-bond acceptors (Lipinski definition) is 3. The van der Waals surface area contributed by atoms with Crippen LogP contribution in [0.25, 0.3) is 17.4 Å². The van der Waals surface area contributed by atoms with Crippen LogP contribution in [0.2, 0.25) is 5.02 Å². The Bertz CT molecular complexity index is 1160. The molecule has 1 aliphatic rings. The van der Waals surface area contributed by atoms with Crippen LogP contribution in [0.15, 0.2) is 75.8 Å². The number of hydrogen-bond donors (Lipinski definition) is 1. The minimum absolute atomic E-state index is 0.102. The third-order valence-corrected chi connectivity index (χ3v) is 4.54. The molecule has 1 aromatic heterocycles. The minimum Gasteiger partial charge on any atom is -0.457 e. The molecule has 0 radical (unpaired) electrons. The Morgan fingerprint density at radius 1 is 1.03 bits per heavy atom. The van der Waals surface area contributed by atoms with Crippen LogP contribution in [0.5, 0.6) is 0 Å². The standard InChI is InChI=1S/C21H12ClF3N2O2/c22-16-7-2-1-6-15(16)19-26-17(20(28)27-19)11-14-8-9-18(29-14)12-4-3-5-13(10-12)21(23,24)25/h1-11H,(H,26,27,28)/b17-11-. The summed E-state index contributed by atoms with van der Waals surface area (Å²) in [6.07, 6.45) is -3.03. The fourth-order valence-corrected chi connectivity index (χ4v) is 3.04. The van der Waals surface area contributed by atoms with Crippen LogP contribution in [-0.2, 0) is 11.0 Å². The van der Waals surface area contributed by atoms with E-state index in [9.17, 15) is 18.0 Å². The lowest BCUT2D eigenvalue weighted by Gasteiger charge is -2.07. The van der Waals surface area contributed by atoms with E-state index in [1.165, 1.54) is 24.3 Å². The van der Waals surface area contributed by atoms with Gasteiger partial charge in [0.2, 0.25) is 0 Å². The van der Waals surface area contributed by atoms with Crippen LogP contribution in [0.1, 0.15) is 16.9 Å². The summed E-state index contributed by atoms with van der Waals surface area (Å²) in [4.78, 5) is 16.4. The second-order valence-electron chi connectivity index (χ2n) is 6.20. The Balaban J connectivity index is 1.63. The summed E-state index contributed by atoms with van der Waals surface area (Å²) in [6.45, 7) is 0. The van der Waals surface area contributed by atoms with E-state index in [-0.39, 0.29) is 22.8 Å². The fourth-order valence-electron chi connectivity index (χ4n) is 2.82. The zero-order chi connectivity index (χ0) is 20.6. The molecule has 3 aromatic rings. The van der Waals surface area contributed by atoms with Gasteiger partial charge in [-0.3, -0.25) is 4.79 Å². The topological polar surface area (TPSA) is 54.6 Å². The number of amidine groups is 1. The highest BCUT2D eigenvalue weighted by Crippen LogP contribution is 2.33. The number of rotatable bonds is 3. The third-order valence-electron chi connectivity index (χ3n) is 4.21. The van der Waals surface area contributed by atoms with Crippen LogP contribution < -0.4 is 5.32 Å². The Kier molecular flexibility index (Phi) is 4.76. The third kappa shape index (κ3) is 3.95. The summed E-state index contributed by atoms with van der Waals surface area (Å²) in [5.74, 6) is 0.414. The maximum absolute atomic E-state index is 12.9. The van der Waals surface area contributed by atoms with Crippen LogP contribution in [0, 0.1) is 0 Å². The highest BCUT2D eigenvalue weighted by molar-refractivity contribution is 6.35. The quantitative estimate of drug-likeness (QED) is 0.570. The molecular formula is C21H12ClF3N2O2. The van der Waals surface area contributed by atoms with Gasteiger partial charge in [0, 0.05) is 17.2 Å². The molecular weight excluding hydrogens is 405 g/mol. The highest BCUT2D eigenvalue weighted by atomic mass is 35.5. The van der Waals surface area contributed by atoms with Crippen LogP contribution >= 0.6 is 11.6 Å². The summed E-state index contributed by atoms with van der Waals surface area (Å²) in [5, 5.41) is 3.08. The Morgan fingerprint density at radius 2 is 1.83 bits per heavy atom. The molecule has 0 saturated carbocycles. The summed E-state index contributed by atoms with van der Waals surface area (Å²) in [6, 6.07) is 14.8. The maximum atomic E-state index is 12.9. The average Bonchev–Trinajstić information content (AvgIpc) is 3.29. The lowest BCUT2D eigenvalue weighted by atomic mass is 10.1. The summed E-state index contributed by atoms with van der Waals surface area (Å²) < 4.78 is 44.3. The van der Waals surface area contributed by atoms with Crippen LogP contribution in [0.4, 0.5) is 13.2 Å². The van der Waals surface area contributed by atoms with Gasteiger partial charge in [-0.05, 0) is 36.4 Å². The molecule has 0 aliphatic carbocycles. The smallest absolute Gasteiger partial charge is 0.416 e. The second-order valence-corrected chi connectivity index (χ2v) is 6.61. The van der Waals surface area contributed by atoms with Gasteiger partial charge in [0.1, 0.15) is 23.1 Å². The van der Waals surface area contributed by atoms with E-state index in [4.69, 9.17) is 16.0 Å². The second kappa shape index (κ2) is 7.25. The van der Waals surface area contributed by atoms with E-state index < -0.39 is 17.6 Å². The number of halogens is 4. The van der Waals surface area contributed by atoms with Gasteiger partial charge < -0.3 is 9.73 Å². The van der Waals surface area contributed by atoms with Gasteiger partial charge in [0.05, 0.1) is 10.6 Å². The predicted octanol–water partition coefficient (Wildman–Crippen LogP) is 5.54. The molecule has 2 heterocycles. The van der Waals surface area contributed by atoms with Crippen molar-refractivity contribution in [1.82, 2.24) is 5.32 Å². The van der Waals surface area contributed by atoms with Crippen molar-refractivity contribution in [2.75, 3.05) is 0 Å². The van der Waals surface area contributed by atoms with E-state index in [0.717, 1.165) is 12.1 Å². The normalized spacial score (nSPS) is 15.5. The van der Waals surface area contributed by atoms with Crippen molar-refractivity contribution in [3.63, 3.8) is 0 Å². The van der Waals surface area contributed by atoms with Crippen molar-refractivity contribution < 1.29 is 22.4 Å². The van der Waals surface area contributed by atoms with E-state index >= 15 is 0 Å². The number of carbonyl (C=O) groups is 1. The van der Waals surface area contributed by atoms with Crippen molar-refractivity contribution in [3.05, 3.63) is 88.3 Å². The summed E-state index contributed by atoms with van der Waals surface area (Å²) in [7, 11) is 0. The molecule has 0 atom stereocenters. The zero-order valence-corrected chi connectivity index (χ0v) is 15.4. The molecule has 0 unspecified atom stereocenters. The molecule has 146 valence electrons. The van der Waals surface area contributed by atoms with Crippen molar-refractivity contribution in [3.8, 4) is 11.3 Å². The number of amides is 1. The number of furan rings is 1. The number of carbonyl (C=O) groups excluding carboxylic acids is 1. The molecule has 0 fully saturated rings. The van der Waals surface area contributed by atoms with E-state index in [1.54, 1.807) is 30.3 Å². The van der Waals surface area contributed by atoms with Gasteiger partial charge in [0.15, 0.2) is 0 Å². The highest BCUT2D eigenvalue weighted by Gasteiger charge is 2.30. The van der Waals surface area contributed by atoms with Crippen LogP contribution in [-0.4, -0.2) is 11.7 Å². The van der Waals surface area contributed by atoms with Gasteiger partial charge in [-0.2, -0.15) is 13.2 Å². The Hall–Kier alpha value is -3.32. The number of nitrogens with zero attached hydrogens (tertiary/aromatic N) is 1. The van der Waals surface area contributed by atoms with E-state index in [0.29, 0.717) is 16.4 Å². The van der Waals surface area contributed by atoms with Crippen molar-refractivity contribution in [2.45, 2.75) is 6.18 Å². The monoisotopic (exact) mass is 416 g/mol. The molecule has 29 heavy (non-hydrogen) atoms. The molecule has 4 rings (SSSR count). The molecule has 1 aliphatic heterocycles. The number of benzene rings is 2. The zero-order valence-electron chi connectivity index (χ0n) is 14.6. The van der Waals surface area contributed by atoms with Crippen LogP contribution in [0.3, 0.4) is 0 Å². The largest absolute Gasteiger partial charge is 0.457 e. The fraction of sp³-hybridized carbons (Fsp3) is 0.0476. The average molecular weight is 417 g/mol. The molecule has 2 aromatic carbocycles. The first-order chi connectivity index (χ1) is 13.8. The molecule has 0 bridgehead atoms. The van der Waals surface area contributed by atoms with Gasteiger partial charge in [-0.25, -0.2) is 4.99 Å². The number of alkyl halides is 3. The first-order valence-corrected chi connectivity index (χ1v) is 8.83. The first kappa shape index (κ1) is 19.0. The molecule has 4 nitrogen and oxygen atoms in total. The van der Waals surface area contributed by atoms with Gasteiger partial charge >= 0.3 is 6.18 Å². The SMILES string of the molecule is O=C1NC(c2ccccc2Cl)=N/C1=C\c1ccc(-c2cccc(C(F)(F)F)c2)o1. The lowest BCUT2D eigenvalue weighted by molar-refractivity contribution is -0.137. The van der Waals surface area contributed by atoms with E-state index in [1.807, 2.05) is 0 Å². The molecule has 1 N–H and O–H groups in total. The van der Waals surface area contributed by atoms with Gasteiger partial charge in [-0.1, -0.05) is 35.9 Å². The first-order valence-electron chi connectivity index (χ1n) is 8.45. The Labute approximate surface area is 168 Å². The van der Waals surface area contributed by atoms with Crippen molar-refractivity contribution in [1.29, 1.82) is 0 Å². The number of aliphatic imine (C=N–C) groups is 1. The predicted molar refractivity (Wildman–Crippen MR) is 103 cm³/mol. The maximum Gasteiger partial charge on any atom is 0.416 e. The summed E-state index contributed by atoms with van der Waals surface area (Å²) >= 11 is 6.13. The molecule has 0 saturated heterocycles. The Morgan fingerprint density at radius 3 is 2.59 bits per heavy atom. The number of nitrogens with one attached hydrogen (secondary N) is 1. The van der Waals surface area contributed by atoms with E-state index in [2.05, 4.69) is 10.3 Å². The van der Waals surface area contributed by atoms with Crippen molar-refractivity contribution in [2.24, 2.45) is 4.99 Å². The van der Waals surface area contributed by atoms with Crippen molar-refractivity contribution >= 4 is 29.4 Å². The molecule has 1 amide bonds. The summed E-state index contributed by atoms with van der Waals surface area (Å²) in [5.41, 5.74) is 0.191. The van der Waals surface area contributed by atoms with Gasteiger partial charge in [0.25, 0.3) is 5.91 Å². The molecule has 0 spiro atoms. The lowest BCUT2D eigenvalue weighted by Crippen LogP contribution is -2.24. The molecule has 8 heteroatoms.